The lowest BCUT2D eigenvalue weighted by atomic mass is 9.80. The maximum atomic E-state index is 14.2. The van der Waals surface area contributed by atoms with E-state index < -0.39 is 5.60 Å². The molecule has 0 bridgehead atoms. The van der Waals surface area contributed by atoms with Crippen molar-refractivity contribution in [3.8, 4) is 11.3 Å². The monoisotopic (exact) mass is 532 g/mol. The van der Waals surface area contributed by atoms with Crippen LogP contribution in [0.1, 0.15) is 47.8 Å². The molecule has 2 heterocycles. The number of aromatic nitrogens is 2. The van der Waals surface area contributed by atoms with Crippen molar-refractivity contribution in [1.29, 1.82) is 0 Å². The fourth-order valence-corrected chi connectivity index (χ4v) is 6.03. The van der Waals surface area contributed by atoms with Gasteiger partial charge in [-0.05, 0) is 24.8 Å². The second-order valence-electron chi connectivity index (χ2n) is 10.7. The van der Waals surface area contributed by atoms with E-state index in [0.717, 1.165) is 50.0 Å². The lowest BCUT2D eigenvalue weighted by Crippen LogP contribution is -2.54. The third-order valence-electron chi connectivity index (χ3n) is 8.05. The van der Waals surface area contributed by atoms with Gasteiger partial charge in [-0.3, -0.25) is 4.79 Å². The number of nitrogens with zero attached hydrogens (tertiary/aromatic N) is 3. The number of piperazine rings is 1. The molecule has 8 nitrogen and oxygen atoms in total. The van der Waals surface area contributed by atoms with E-state index in [1.54, 1.807) is 13.4 Å². The number of carbonyl (C=O) groups is 1. The average Bonchev–Trinajstić information content (AvgIpc) is 3.41. The molecular formula is C31H40N4O4. The molecular weight excluding hydrogens is 492 g/mol. The van der Waals surface area contributed by atoms with Gasteiger partial charge in [0.05, 0.1) is 37.9 Å². The van der Waals surface area contributed by atoms with Gasteiger partial charge in [-0.2, -0.15) is 0 Å². The first kappa shape index (κ1) is 27.5. The van der Waals surface area contributed by atoms with Crippen LogP contribution in [0.15, 0.2) is 67.0 Å². The summed E-state index contributed by atoms with van der Waals surface area (Å²) >= 11 is 0. The van der Waals surface area contributed by atoms with Crippen molar-refractivity contribution in [2.45, 2.75) is 49.8 Å². The summed E-state index contributed by atoms with van der Waals surface area (Å²) in [6.07, 6.45) is 5.89. The molecule has 0 spiro atoms. The van der Waals surface area contributed by atoms with E-state index in [4.69, 9.17) is 14.5 Å². The number of benzene rings is 2. The molecule has 2 fully saturated rings. The molecule has 1 saturated heterocycles. The zero-order chi connectivity index (χ0) is 27.1. The highest BCUT2D eigenvalue weighted by atomic mass is 16.5. The first-order valence-electron chi connectivity index (χ1n) is 14.1. The second kappa shape index (κ2) is 12.9. The first-order chi connectivity index (χ1) is 19.1. The Hall–Kier alpha value is -3.04. The van der Waals surface area contributed by atoms with Gasteiger partial charge in [0.1, 0.15) is 5.60 Å². The molecule has 2 aliphatic rings. The van der Waals surface area contributed by atoms with Crippen LogP contribution in [-0.2, 0) is 15.9 Å². The summed E-state index contributed by atoms with van der Waals surface area (Å²) in [7, 11) is 1.64. The zero-order valence-corrected chi connectivity index (χ0v) is 22.8. The van der Waals surface area contributed by atoms with Crippen molar-refractivity contribution < 1.29 is 19.4 Å². The van der Waals surface area contributed by atoms with E-state index in [1.807, 2.05) is 58.0 Å². The van der Waals surface area contributed by atoms with E-state index in [1.165, 1.54) is 5.56 Å². The Balaban J connectivity index is 1.48. The highest BCUT2D eigenvalue weighted by Crippen LogP contribution is 2.41. The molecule has 39 heavy (non-hydrogen) atoms. The molecule has 5 rings (SSSR count). The number of hydrogen-bond donors (Lipinski definition) is 2. The maximum Gasteiger partial charge on any atom is 0.275 e. The third-order valence-corrected chi connectivity index (χ3v) is 8.05. The van der Waals surface area contributed by atoms with Gasteiger partial charge in [0.2, 0.25) is 0 Å². The quantitative estimate of drug-likeness (QED) is 0.387. The molecule has 2 aromatic carbocycles. The highest BCUT2D eigenvalue weighted by Gasteiger charge is 2.42. The Morgan fingerprint density at radius 2 is 1.87 bits per heavy atom. The minimum Gasteiger partial charge on any atom is -0.385 e. The van der Waals surface area contributed by atoms with Gasteiger partial charge >= 0.3 is 0 Å². The van der Waals surface area contributed by atoms with E-state index in [0.29, 0.717) is 31.9 Å². The summed E-state index contributed by atoms with van der Waals surface area (Å²) < 4.78 is 13.0. The predicted octanol–water partition coefficient (Wildman–Crippen LogP) is 3.72. The van der Waals surface area contributed by atoms with Gasteiger partial charge in [-0.25, -0.2) is 4.98 Å². The van der Waals surface area contributed by atoms with E-state index in [-0.39, 0.29) is 24.6 Å². The Kier molecular flexibility index (Phi) is 9.09. The predicted molar refractivity (Wildman–Crippen MR) is 151 cm³/mol. The molecule has 1 aliphatic carbocycles. The first-order valence-corrected chi connectivity index (χ1v) is 14.1. The van der Waals surface area contributed by atoms with Crippen molar-refractivity contribution in [3.63, 3.8) is 0 Å². The van der Waals surface area contributed by atoms with Crippen molar-refractivity contribution >= 4 is 5.91 Å². The Bertz CT molecular complexity index is 1200. The van der Waals surface area contributed by atoms with Crippen molar-refractivity contribution in [2.75, 3.05) is 46.6 Å². The van der Waals surface area contributed by atoms with Crippen LogP contribution in [0.2, 0.25) is 0 Å². The molecule has 2 unspecified atom stereocenters. The number of imidazole rings is 1. The largest absolute Gasteiger partial charge is 0.385 e. The molecule has 3 atom stereocenters. The van der Waals surface area contributed by atoms with Crippen LogP contribution in [0.25, 0.3) is 11.3 Å². The minimum atomic E-state index is -1.05. The molecule has 3 aromatic rings. The Morgan fingerprint density at radius 1 is 1.10 bits per heavy atom. The Labute approximate surface area is 231 Å². The minimum absolute atomic E-state index is 0.0308. The number of rotatable bonds is 10. The lowest BCUT2D eigenvalue weighted by molar-refractivity contribution is -0.104. The average molecular weight is 533 g/mol. The van der Waals surface area contributed by atoms with Gasteiger partial charge in [0, 0.05) is 38.3 Å². The van der Waals surface area contributed by atoms with Crippen LogP contribution in [0.5, 0.6) is 0 Å². The topological polar surface area (TPSA) is 88.8 Å². The number of nitrogens with one attached hydrogen (secondary N) is 1. The van der Waals surface area contributed by atoms with Crippen molar-refractivity contribution in [3.05, 3.63) is 78.2 Å². The Morgan fingerprint density at radius 3 is 2.64 bits per heavy atom. The van der Waals surface area contributed by atoms with Crippen LogP contribution < -0.4 is 5.32 Å². The lowest BCUT2D eigenvalue weighted by Gasteiger charge is -2.41. The standard InChI is InChI=1S/C31H40N4O4/c1-38-18-19-39-22-31(37)15-9-8-14-27(31)35-23-33-28(29(35)25-12-6-3-7-13-25)30(36)34-17-16-32-21-26(34)20-24-10-4-2-5-11-24/h2-7,10-13,23,26-27,32,37H,8-9,14-22H2,1H3/t26-,27?,31?/m1/s1. The molecule has 2 N–H and O–H groups in total. The number of carbonyl (C=O) groups excluding carboxylic acids is 1. The van der Waals surface area contributed by atoms with Gasteiger partial charge in [0.25, 0.3) is 5.91 Å². The normalized spacial score (nSPS) is 23.6. The van der Waals surface area contributed by atoms with Crippen LogP contribution in [0.3, 0.4) is 0 Å². The zero-order valence-electron chi connectivity index (χ0n) is 22.8. The van der Waals surface area contributed by atoms with Gasteiger partial charge in [-0.1, -0.05) is 73.5 Å². The van der Waals surface area contributed by atoms with Gasteiger partial charge in [0.15, 0.2) is 5.69 Å². The number of ether oxygens (including phenoxy) is 2. The summed E-state index contributed by atoms with van der Waals surface area (Å²) in [5.41, 5.74) is 2.27. The maximum absolute atomic E-state index is 14.2. The summed E-state index contributed by atoms with van der Waals surface area (Å²) in [6.45, 7) is 3.24. The molecule has 1 aromatic heterocycles. The molecule has 0 radical (unpaired) electrons. The van der Waals surface area contributed by atoms with Gasteiger partial charge in [-0.15, -0.1) is 0 Å². The van der Waals surface area contributed by atoms with E-state index >= 15 is 0 Å². The molecule has 1 saturated carbocycles. The second-order valence-corrected chi connectivity index (χ2v) is 10.7. The van der Waals surface area contributed by atoms with Crippen molar-refractivity contribution in [1.82, 2.24) is 19.8 Å². The van der Waals surface area contributed by atoms with E-state index in [9.17, 15) is 9.90 Å². The number of methoxy groups -OCH3 is 1. The molecule has 1 aliphatic heterocycles. The van der Waals surface area contributed by atoms with Crippen LogP contribution in [0.4, 0.5) is 0 Å². The van der Waals surface area contributed by atoms with E-state index in [2.05, 4.69) is 17.4 Å². The SMILES string of the molecule is COCCOCC1(O)CCCCC1n1cnc(C(=O)N2CCNC[C@H]2Cc2ccccc2)c1-c1ccccc1. The summed E-state index contributed by atoms with van der Waals surface area (Å²) in [5.74, 6) is -0.0641. The van der Waals surface area contributed by atoms with Crippen LogP contribution >= 0.6 is 0 Å². The van der Waals surface area contributed by atoms with Crippen LogP contribution in [-0.4, -0.2) is 83.7 Å². The molecule has 8 heteroatoms. The van der Waals surface area contributed by atoms with Crippen LogP contribution in [0, 0.1) is 0 Å². The summed E-state index contributed by atoms with van der Waals surface area (Å²) in [6, 6.07) is 20.0. The highest BCUT2D eigenvalue weighted by molar-refractivity contribution is 5.98. The fourth-order valence-electron chi connectivity index (χ4n) is 6.03. The number of amides is 1. The summed E-state index contributed by atoms with van der Waals surface area (Å²) in [4.78, 5) is 20.9. The fraction of sp³-hybridized carbons (Fsp3) is 0.484. The van der Waals surface area contributed by atoms with Crippen molar-refractivity contribution in [2.24, 2.45) is 0 Å². The number of hydrogen-bond acceptors (Lipinski definition) is 6. The van der Waals surface area contributed by atoms with Gasteiger partial charge < -0.3 is 29.4 Å². The smallest absolute Gasteiger partial charge is 0.275 e. The molecule has 1 amide bonds. The third kappa shape index (κ3) is 6.25. The number of aliphatic hydroxyl groups is 1. The molecule has 208 valence electrons. The summed E-state index contributed by atoms with van der Waals surface area (Å²) in [5, 5.41) is 15.3.